The first-order chi connectivity index (χ1) is 17.0. The number of amides is 4. The van der Waals surface area contributed by atoms with E-state index in [2.05, 4.69) is 29.8 Å². The molecule has 0 spiro atoms. The molecular weight excluding hydrogens is 460 g/mol. The van der Waals surface area contributed by atoms with Gasteiger partial charge in [-0.25, -0.2) is 4.79 Å². The smallest absolute Gasteiger partial charge is 0.318 e. The molecular formula is C27H32N4O3S. The average Bonchev–Trinajstić information content (AvgIpc) is 3.30. The van der Waals surface area contributed by atoms with Crippen LogP contribution in [0.2, 0.25) is 0 Å². The van der Waals surface area contributed by atoms with Gasteiger partial charge in [0.15, 0.2) is 0 Å². The molecule has 0 saturated heterocycles. The quantitative estimate of drug-likeness (QED) is 0.414. The molecule has 3 N–H and O–H groups in total. The number of hydrogen-bond donors (Lipinski definition) is 3. The Morgan fingerprint density at radius 1 is 1.11 bits per heavy atom. The molecule has 0 saturated carbocycles. The Morgan fingerprint density at radius 2 is 1.83 bits per heavy atom. The summed E-state index contributed by atoms with van der Waals surface area (Å²) in [5, 5.41) is 10.1. The lowest BCUT2D eigenvalue weighted by atomic mass is 10.0. The van der Waals surface area contributed by atoms with Crippen LogP contribution in [-0.4, -0.2) is 31.4 Å². The highest BCUT2D eigenvalue weighted by Gasteiger charge is 2.30. The zero-order valence-electron chi connectivity index (χ0n) is 20.3. The van der Waals surface area contributed by atoms with Crippen molar-refractivity contribution in [2.24, 2.45) is 0 Å². The molecule has 2 heterocycles. The fourth-order valence-electron chi connectivity index (χ4n) is 3.87. The van der Waals surface area contributed by atoms with Gasteiger partial charge in [0.1, 0.15) is 6.04 Å². The second kappa shape index (κ2) is 12.7. The van der Waals surface area contributed by atoms with Crippen LogP contribution in [0.1, 0.15) is 37.1 Å². The van der Waals surface area contributed by atoms with Crippen molar-refractivity contribution in [2.75, 3.05) is 17.3 Å². The van der Waals surface area contributed by atoms with Gasteiger partial charge < -0.3 is 20.9 Å². The summed E-state index contributed by atoms with van der Waals surface area (Å²) < 4.78 is 0. The number of hydrogen-bond acceptors (Lipinski definition) is 4. The molecule has 3 aromatic rings. The van der Waals surface area contributed by atoms with E-state index in [0.717, 1.165) is 33.7 Å². The average molecular weight is 493 g/mol. The number of aryl methyl sites for hydroxylation is 1. The molecule has 2 aromatic carbocycles. The minimum Gasteiger partial charge on any atom is -0.347 e. The van der Waals surface area contributed by atoms with E-state index in [1.807, 2.05) is 60.0 Å². The van der Waals surface area contributed by atoms with Gasteiger partial charge in [-0.2, -0.15) is 0 Å². The number of anilines is 2. The summed E-state index contributed by atoms with van der Waals surface area (Å²) in [6, 6.07) is 16.7. The molecule has 8 heteroatoms. The van der Waals surface area contributed by atoms with Crippen LogP contribution in [0.15, 0.2) is 60.0 Å². The minimum absolute atomic E-state index is 0.0987. The lowest BCUT2D eigenvalue weighted by Crippen LogP contribution is -2.45. The van der Waals surface area contributed by atoms with E-state index in [9.17, 15) is 14.4 Å². The first-order valence-corrected chi connectivity index (χ1v) is 12.6. The molecule has 1 atom stereocenters. The molecule has 184 valence electrons. The molecule has 0 bridgehead atoms. The van der Waals surface area contributed by atoms with Gasteiger partial charge in [0, 0.05) is 17.5 Å². The van der Waals surface area contributed by atoms with Crippen LogP contribution in [0.3, 0.4) is 0 Å². The van der Waals surface area contributed by atoms with Crippen molar-refractivity contribution in [1.82, 2.24) is 10.6 Å². The van der Waals surface area contributed by atoms with Crippen LogP contribution in [0.25, 0.3) is 11.1 Å². The van der Waals surface area contributed by atoms with Crippen molar-refractivity contribution < 1.29 is 14.4 Å². The number of fused-ring (bicyclic) bond motifs is 1. The van der Waals surface area contributed by atoms with Crippen molar-refractivity contribution >= 4 is 41.1 Å². The molecule has 0 unspecified atom stereocenters. The number of carbonyl (C=O) groups is 3. The third kappa shape index (κ3) is 6.48. The van der Waals surface area contributed by atoms with Crippen LogP contribution >= 0.6 is 11.3 Å². The lowest BCUT2D eigenvalue weighted by Gasteiger charge is -2.25. The van der Waals surface area contributed by atoms with E-state index in [1.54, 1.807) is 23.3 Å². The van der Waals surface area contributed by atoms with Crippen LogP contribution in [-0.2, 0) is 22.6 Å². The maximum Gasteiger partial charge on any atom is 0.318 e. The summed E-state index contributed by atoms with van der Waals surface area (Å²) in [7, 11) is 1.57. The molecule has 1 aliphatic heterocycles. The molecule has 0 fully saturated rings. The van der Waals surface area contributed by atoms with E-state index in [4.69, 9.17) is 0 Å². The Balaban J connectivity index is 0.00000108. The zero-order valence-corrected chi connectivity index (χ0v) is 21.2. The van der Waals surface area contributed by atoms with E-state index in [0.29, 0.717) is 25.1 Å². The number of rotatable bonds is 6. The molecule has 7 nitrogen and oxygen atoms in total. The first-order valence-electron chi connectivity index (χ1n) is 11.8. The van der Waals surface area contributed by atoms with Crippen LogP contribution < -0.4 is 20.9 Å². The zero-order chi connectivity index (χ0) is 25.2. The van der Waals surface area contributed by atoms with Gasteiger partial charge >= 0.3 is 6.03 Å². The van der Waals surface area contributed by atoms with Gasteiger partial charge in [0.25, 0.3) is 0 Å². The number of benzene rings is 2. The Kier molecular flexibility index (Phi) is 9.43. The third-order valence-corrected chi connectivity index (χ3v) is 6.48. The minimum atomic E-state index is -0.519. The summed E-state index contributed by atoms with van der Waals surface area (Å²) >= 11 is 1.63. The molecule has 4 amide bonds. The highest BCUT2D eigenvalue weighted by molar-refractivity contribution is 7.10. The molecule has 4 rings (SSSR count). The number of nitrogens with zero attached hydrogens (tertiary/aromatic N) is 1. The predicted octanol–water partition coefficient (Wildman–Crippen LogP) is 5.18. The van der Waals surface area contributed by atoms with Crippen molar-refractivity contribution in [3.63, 3.8) is 0 Å². The number of urea groups is 1. The Hall–Kier alpha value is -3.65. The monoisotopic (exact) mass is 492 g/mol. The maximum absolute atomic E-state index is 13.1. The van der Waals surface area contributed by atoms with Crippen LogP contribution in [0, 0.1) is 0 Å². The summed E-state index contributed by atoms with van der Waals surface area (Å²) in [4.78, 5) is 38.8. The Labute approximate surface area is 210 Å². The summed E-state index contributed by atoms with van der Waals surface area (Å²) in [6.45, 7) is 4.66. The largest absolute Gasteiger partial charge is 0.347 e. The molecule has 35 heavy (non-hydrogen) atoms. The van der Waals surface area contributed by atoms with Gasteiger partial charge in [-0.15, -0.1) is 11.3 Å². The van der Waals surface area contributed by atoms with E-state index in [-0.39, 0.29) is 11.9 Å². The molecule has 1 aliphatic rings. The second-order valence-electron chi connectivity index (χ2n) is 8.18. The predicted molar refractivity (Wildman–Crippen MR) is 143 cm³/mol. The van der Waals surface area contributed by atoms with Crippen molar-refractivity contribution in [1.29, 1.82) is 0 Å². The number of carbonyl (C=O) groups excluding carboxylic acids is 3. The van der Waals surface area contributed by atoms with Gasteiger partial charge in [0.2, 0.25) is 12.3 Å². The van der Waals surface area contributed by atoms with E-state index in [1.165, 1.54) is 6.42 Å². The number of para-hydroxylation sites is 1. The fraction of sp³-hybridized carbons (Fsp3) is 0.296. The van der Waals surface area contributed by atoms with Crippen molar-refractivity contribution in [3.05, 3.63) is 70.4 Å². The van der Waals surface area contributed by atoms with Crippen molar-refractivity contribution in [2.45, 2.75) is 45.7 Å². The van der Waals surface area contributed by atoms with Crippen molar-refractivity contribution in [3.8, 4) is 11.1 Å². The Bertz CT molecular complexity index is 1140. The summed E-state index contributed by atoms with van der Waals surface area (Å²) in [5.74, 6) is -0.0987. The summed E-state index contributed by atoms with van der Waals surface area (Å²) in [6.07, 6.45) is 3.20. The standard InChI is InChI=1S/C24H24N4O3S.C3H8/c1-25-24(31)27-19-5-3-2-4-18(19)17-8-6-16(7-9-17)14-28-21-12-13-32-22(21)11-10-20(23(28)30)26-15-29;1-3-2/h2-9,12-13,15,20H,10-11,14H2,1H3,(H,26,29)(H2,25,27,31);3H2,1-2H3/t20-;/m1./s1. The molecule has 0 radical (unpaired) electrons. The first kappa shape index (κ1) is 26.0. The molecule has 0 aliphatic carbocycles. The highest BCUT2D eigenvalue weighted by atomic mass is 32.1. The molecule has 1 aromatic heterocycles. The number of thiophene rings is 1. The SMILES string of the molecule is CCC.CNC(=O)Nc1ccccc1-c1ccc(CN2C(=O)[C@H](NC=O)CCc3sccc32)cc1. The van der Waals surface area contributed by atoms with Gasteiger partial charge in [-0.05, 0) is 41.5 Å². The third-order valence-electron chi connectivity index (χ3n) is 5.51. The second-order valence-corrected chi connectivity index (χ2v) is 9.18. The van der Waals surface area contributed by atoms with Gasteiger partial charge in [-0.1, -0.05) is 62.7 Å². The normalized spacial score (nSPS) is 14.7. The van der Waals surface area contributed by atoms with E-state index < -0.39 is 6.04 Å². The van der Waals surface area contributed by atoms with E-state index >= 15 is 0 Å². The van der Waals surface area contributed by atoms with Crippen LogP contribution in [0.4, 0.5) is 16.2 Å². The van der Waals surface area contributed by atoms with Crippen LogP contribution in [0.5, 0.6) is 0 Å². The highest BCUT2D eigenvalue weighted by Crippen LogP contribution is 2.33. The fourth-order valence-corrected chi connectivity index (χ4v) is 4.76. The van der Waals surface area contributed by atoms with Gasteiger partial charge in [0.05, 0.1) is 17.9 Å². The lowest BCUT2D eigenvalue weighted by molar-refractivity contribution is -0.123. The van der Waals surface area contributed by atoms with Gasteiger partial charge in [-0.3, -0.25) is 9.59 Å². The Morgan fingerprint density at radius 3 is 2.51 bits per heavy atom. The topological polar surface area (TPSA) is 90.5 Å². The summed E-state index contributed by atoms with van der Waals surface area (Å²) in [5.41, 5.74) is 4.47. The maximum atomic E-state index is 13.1. The number of nitrogens with one attached hydrogen (secondary N) is 3.